The molecule has 1 aromatic carbocycles. The summed E-state index contributed by atoms with van der Waals surface area (Å²) in [5.74, 6) is -0.763. The van der Waals surface area contributed by atoms with E-state index in [1.165, 1.54) is 12.1 Å². The lowest BCUT2D eigenvalue weighted by Crippen LogP contribution is -2.17. The Hall–Kier alpha value is -0.130. The summed E-state index contributed by atoms with van der Waals surface area (Å²) in [7, 11) is 0. The van der Waals surface area contributed by atoms with Gasteiger partial charge in [-0.3, -0.25) is 0 Å². The predicted molar refractivity (Wildman–Crippen MR) is 71.4 cm³/mol. The van der Waals surface area contributed by atoms with Crippen molar-refractivity contribution in [3.05, 3.63) is 33.8 Å². The first kappa shape index (κ1) is 14.9. The largest absolute Gasteiger partial charge is 0.392 e. The summed E-state index contributed by atoms with van der Waals surface area (Å²) in [6.07, 6.45) is -0.739. The standard InChI is InChI=1S/C12H15BrF2OS/c1-7(2)17-6-8(16)5-9-11(14)4-3-10(13)12(9)15/h3-4,7-8,16H,5-6H2,1-2H3. The minimum Gasteiger partial charge on any atom is -0.392 e. The van der Waals surface area contributed by atoms with Gasteiger partial charge in [0.25, 0.3) is 0 Å². The van der Waals surface area contributed by atoms with Crippen LogP contribution < -0.4 is 0 Å². The third kappa shape index (κ3) is 4.56. The molecule has 5 heteroatoms. The number of hydrogen-bond acceptors (Lipinski definition) is 2. The van der Waals surface area contributed by atoms with Crippen molar-refractivity contribution in [2.45, 2.75) is 31.6 Å². The van der Waals surface area contributed by atoms with Gasteiger partial charge in [0.1, 0.15) is 11.6 Å². The molecule has 0 aliphatic heterocycles. The van der Waals surface area contributed by atoms with Crippen molar-refractivity contribution in [3.8, 4) is 0 Å². The zero-order chi connectivity index (χ0) is 13.0. The van der Waals surface area contributed by atoms with E-state index in [2.05, 4.69) is 15.9 Å². The fourth-order valence-electron chi connectivity index (χ4n) is 1.35. The highest BCUT2D eigenvalue weighted by molar-refractivity contribution is 9.10. The third-order valence-corrected chi connectivity index (χ3v) is 4.06. The molecule has 0 spiro atoms. The Labute approximate surface area is 113 Å². The Morgan fingerprint density at radius 1 is 1.35 bits per heavy atom. The molecule has 0 heterocycles. The Balaban J connectivity index is 2.71. The number of thioether (sulfide) groups is 1. The zero-order valence-corrected chi connectivity index (χ0v) is 12.1. The Morgan fingerprint density at radius 3 is 2.59 bits per heavy atom. The summed E-state index contributed by atoms with van der Waals surface area (Å²) in [5.41, 5.74) is -0.0590. The van der Waals surface area contributed by atoms with E-state index in [9.17, 15) is 13.9 Å². The van der Waals surface area contributed by atoms with Gasteiger partial charge >= 0.3 is 0 Å². The van der Waals surface area contributed by atoms with Gasteiger partial charge in [0.05, 0.1) is 10.6 Å². The van der Waals surface area contributed by atoms with Crippen LogP contribution in [0.3, 0.4) is 0 Å². The van der Waals surface area contributed by atoms with Crippen LogP contribution in [0.2, 0.25) is 0 Å². The van der Waals surface area contributed by atoms with Crippen LogP contribution in [0.25, 0.3) is 0 Å². The maximum atomic E-state index is 13.6. The van der Waals surface area contributed by atoms with E-state index in [-0.39, 0.29) is 16.5 Å². The lowest BCUT2D eigenvalue weighted by atomic mass is 10.1. The fraction of sp³-hybridized carbons (Fsp3) is 0.500. The minimum atomic E-state index is -0.735. The topological polar surface area (TPSA) is 20.2 Å². The van der Waals surface area contributed by atoms with Crippen LogP contribution in [-0.2, 0) is 6.42 Å². The van der Waals surface area contributed by atoms with E-state index in [4.69, 9.17) is 0 Å². The van der Waals surface area contributed by atoms with Crippen LogP contribution >= 0.6 is 27.7 Å². The summed E-state index contributed by atoms with van der Waals surface area (Å²) in [6.45, 7) is 4.02. The first-order valence-corrected chi connectivity index (χ1v) is 7.18. The number of benzene rings is 1. The lowest BCUT2D eigenvalue weighted by molar-refractivity contribution is 0.197. The van der Waals surface area contributed by atoms with Gasteiger partial charge in [0, 0.05) is 17.7 Å². The summed E-state index contributed by atoms with van der Waals surface area (Å²) in [5, 5.41) is 10.1. The molecular formula is C12H15BrF2OS. The zero-order valence-electron chi connectivity index (χ0n) is 9.71. The van der Waals surface area contributed by atoms with Crippen molar-refractivity contribution in [2.75, 3.05) is 5.75 Å². The summed E-state index contributed by atoms with van der Waals surface area (Å²) < 4.78 is 27.2. The van der Waals surface area contributed by atoms with Crippen molar-refractivity contribution >= 4 is 27.7 Å². The van der Waals surface area contributed by atoms with Crippen LogP contribution in [0.4, 0.5) is 8.78 Å². The first-order valence-electron chi connectivity index (χ1n) is 5.33. The fourth-order valence-corrected chi connectivity index (χ4v) is 2.45. The summed E-state index contributed by atoms with van der Waals surface area (Å²) >= 11 is 4.57. The highest BCUT2D eigenvalue weighted by Gasteiger charge is 2.16. The van der Waals surface area contributed by atoms with Gasteiger partial charge in [-0.1, -0.05) is 13.8 Å². The van der Waals surface area contributed by atoms with E-state index in [1.54, 1.807) is 11.8 Å². The number of hydrogen-bond donors (Lipinski definition) is 1. The second kappa shape index (κ2) is 6.71. The van der Waals surface area contributed by atoms with Gasteiger partial charge < -0.3 is 5.11 Å². The van der Waals surface area contributed by atoms with Crippen LogP contribution in [0, 0.1) is 11.6 Å². The Morgan fingerprint density at radius 2 is 2.00 bits per heavy atom. The molecule has 1 rings (SSSR count). The predicted octanol–water partition coefficient (Wildman–Crippen LogP) is 3.77. The van der Waals surface area contributed by atoms with Crippen molar-refractivity contribution < 1.29 is 13.9 Å². The molecule has 96 valence electrons. The van der Waals surface area contributed by atoms with Crippen molar-refractivity contribution in [1.29, 1.82) is 0 Å². The molecule has 0 saturated carbocycles. The van der Waals surface area contributed by atoms with Crippen LogP contribution in [0.5, 0.6) is 0 Å². The van der Waals surface area contributed by atoms with Crippen molar-refractivity contribution in [1.82, 2.24) is 0 Å². The average molecular weight is 325 g/mol. The van der Waals surface area contributed by atoms with Crippen LogP contribution in [-0.4, -0.2) is 22.2 Å². The molecule has 0 bridgehead atoms. The smallest absolute Gasteiger partial charge is 0.143 e. The molecule has 1 unspecified atom stereocenters. The number of aliphatic hydroxyl groups excluding tert-OH is 1. The molecule has 1 nitrogen and oxygen atoms in total. The molecule has 1 atom stereocenters. The van der Waals surface area contributed by atoms with Gasteiger partial charge in [-0.05, 0) is 33.3 Å². The third-order valence-electron chi connectivity index (χ3n) is 2.20. The normalized spacial score (nSPS) is 13.1. The molecule has 1 aromatic rings. The monoisotopic (exact) mass is 324 g/mol. The highest BCUT2D eigenvalue weighted by atomic mass is 79.9. The lowest BCUT2D eigenvalue weighted by Gasteiger charge is -2.13. The molecule has 17 heavy (non-hydrogen) atoms. The van der Waals surface area contributed by atoms with Crippen molar-refractivity contribution in [2.24, 2.45) is 0 Å². The molecule has 0 aromatic heterocycles. The SMILES string of the molecule is CC(C)SCC(O)Cc1c(F)ccc(Br)c1F. The minimum absolute atomic E-state index is 0.00315. The van der Waals surface area contributed by atoms with Gasteiger partial charge in [0.2, 0.25) is 0 Å². The average Bonchev–Trinajstić information content (AvgIpc) is 2.27. The quantitative estimate of drug-likeness (QED) is 0.832. The highest BCUT2D eigenvalue weighted by Crippen LogP contribution is 2.23. The molecular weight excluding hydrogens is 310 g/mol. The molecule has 0 aliphatic rings. The van der Waals surface area contributed by atoms with Gasteiger partial charge in [-0.25, -0.2) is 8.78 Å². The van der Waals surface area contributed by atoms with Gasteiger partial charge in [0.15, 0.2) is 0 Å². The van der Waals surface area contributed by atoms with E-state index < -0.39 is 17.7 Å². The summed E-state index contributed by atoms with van der Waals surface area (Å²) in [6, 6.07) is 2.52. The number of halogens is 3. The van der Waals surface area contributed by atoms with Crippen molar-refractivity contribution in [3.63, 3.8) is 0 Å². The molecule has 0 radical (unpaired) electrons. The maximum absolute atomic E-state index is 13.6. The van der Waals surface area contributed by atoms with E-state index >= 15 is 0 Å². The molecule has 0 saturated heterocycles. The molecule has 0 amide bonds. The second-order valence-corrected chi connectivity index (χ2v) is 6.53. The number of rotatable bonds is 5. The molecule has 1 N–H and O–H groups in total. The second-order valence-electron chi connectivity index (χ2n) is 4.06. The Kier molecular flexibility index (Phi) is 5.89. The Bertz CT molecular complexity index is 385. The van der Waals surface area contributed by atoms with E-state index in [0.29, 0.717) is 11.0 Å². The summed E-state index contributed by atoms with van der Waals surface area (Å²) in [4.78, 5) is 0. The van der Waals surface area contributed by atoms with Gasteiger partial charge in [-0.2, -0.15) is 11.8 Å². The first-order chi connectivity index (χ1) is 7.91. The van der Waals surface area contributed by atoms with E-state index in [0.717, 1.165) is 0 Å². The van der Waals surface area contributed by atoms with Gasteiger partial charge in [-0.15, -0.1) is 0 Å². The molecule has 0 fully saturated rings. The molecule has 0 aliphatic carbocycles. The number of aliphatic hydroxyl groups is 1. The van der Waals surface area contributed by atoms with Crippen LogP contribution in [0.1, 0.15) is 19.4 Å². The van der Waals surface area contributed by atoms with Crippen LogP contribution in [0.15, 0.2) is 16.6 Å². The maximum Gasteiger partial charge on any atom is 0.143 e. The van der Waals surface area contributed by atoms with E-state index in [1.807, 2.05) is 13.8 Å².